The number of benzene rings is 2. The van der Waals surface area contributed by atoms with Gasteiger partial charge in [-0.1, -0.05) is 68.3 Å². The van der Waals surface area contributed by atoms with Gasteiger partial charge in [-0.3, -0.25) is 9.59 Å². The van der Waals surface area contributed by atoms with Gasteiger partial charge in [0, 0.05) is 19.0 Å². The molecule has 2 amide bonds. The summed E-state index contributed by atoms with van der Waals surface area (Å²) in [6.45, 7) is 2.26. The number of hydrogen-bond acceptors (Lipinski definition) is 4. The average Bonchev–Trinajstić information content (AvgIpc) is 3.15. The Balaban J connectivity index is 1.42. The molecule has 1 fully saturated rings. The Morgan fingerprint density at radius 2 is 1.68 bits per heavy atom. The van der Waals surface area contributed by atoms with Crippen LogP contribution in [-0.4, -0.2) is 53.7 Å². The van der Waals surface area contributed by atoms with Crippen LogP contribution in [-0.2, 0) is 14.3 Å². The summed E-state index contributed by atoms with van der Waals surface area (Å²) in [5.41, 5.74) is 4.41. The molecule has 1 saturated carbocycles. The quantitative estimate of drug-likeness (QED) is 0.633. The number of rotatable bonds is 7. The summed E-state index contributed by atoms with van der Waals surface area (Å²) >= 11 is 0. The Hall–Kier alpha value is -3.35. The summed E-state index contributed by atoms with van der Waals surface area (Å²) in [7, 11) is 1.69. The van der Waals surface area contributed by atoms with E-state index in [-0.39, 0.29) is 18.6 Å². The van der Waals surface area contributed by atoms with Gasteiger partial charge in [0.2, 0.25) is 5.91 Å². The minimum atomic E-state index is -1.17. The van der Waals surface area contributed by atoms with Crippen molar-refractivity contribution in [3.63, 3.8) is 0 Å². The average molecular weight is 465 g/mol. The van der Waals surface area contributed by atoms with E-state index in [2.05, 4.69) is 24.4 Å². The van der Waals surface area contributed by atoms with Gasteiger partial charge in [0.05, 0.1) is 6.42 Å². The van der Waals surface area contributed by atoms with Crippen molar-refractivity contribution >= 4 is 18.0 Å². The van der Waals surface area contributed by atoms with E-state index in [1.165, 1.54) is 0 Å². The summed E-state index contributed by atoms with van der Waals surface area (Å²) < 4.78 is 5.53. The molecule has 2 aromatic rings. The molecule has 7 heteroatoms. The summed E-state index contributed by atoms with van der Waals surface area (Å²) in [5.74, 6) is -1.14. The maximum Gasteiger partial charge on any atom is 0.407 e. The van der Waals surface area contributed by atoms with Crippen LogP contribution in [0.3, 0.4) is 0 Å². The molecule has 2 aromatic carbocycles. The molecule has 7 nitrogen and oxygen atoms in total. The van der Waals surface area contributed by atoms with Gasteiger partial charge in [0.25, 0.3) is 0 Å². The van der Waals surface area contributed by atoms with Crippen LogP contribution in [0, 0.1) is 5.92 Å². The number of ether oxygens (including phenoxy) is 1. The fourth-order valence-corrected chi connectivity index (χ4v) is 5.34. The lowest BCUT2D eigenvalue weighted by Crippen LogP contribution is -2.52. The van der Waals surface area contributed by atoms with Crippen molar-refractivity contribution in [2.45, 2.75) is 57.0 Å². The largest absolute Gasteiger partial charge is 0.481 e. The number of carboxylic acids is 1. The first-order valence-electron chi connectivity index (χ1n) is 11.9. The van der Waals surface area contributed by atoms with Gasteiger partial charge in [0.1, 0.15) is 12.6 Å². The Bertz CT molecular complexity index is 1020. The molecular weight excluding hydrogens is 432 g/mol. The third kappa shape index (κ3) is 5.08. The van der Waals surface area contributed by atoms with Crippen molar-refractivity contribution in [2.75, 3.05) is 13.7 Å². The summed E-state index contributed by atoms with van der Waals surface area (Å²) in [6.07, 6.45) is 2.66. The molecule has 0 spiro atoms. The predicted octanol–water partition coefficient (Wildman–Crippen LogP) is 4.41. The molecule has 3 atom stereocenters. The van der Waals surface area contributed by atoms with Gasteiger partial charge in [-0.25, -0.2) is 4.79 Å². The van der Waals surface area contributed by atoms with Gasteiger partial charge in [-0.15, -0.1) is 0 Å². The molecule has 0 bridgehead atoms. The number of nitrogens with one attached hydrogen (secondary N) is 1. The molecule has 0 heterocycles. The second kappa shape index (κ2) is 10.3. The molecule has 0 aromatic heterocycles. The number of carbonyl (C=O) groups is 3. The van der Waals surface area contributed by atoms with Crippen LogP contribution < -0.4 is 5.32 Å². The molecule has 0 aliphatic heterocycles. The van der Waals surface area contributed by atoms with E-state index in [1.54, 1.807) is 11.9 Å². The smallest absolute Gasteiger partial charge is 0.407 e. The summed E-state index contributed by atoms with van der Waals surface area (Å²) in [4.78, 5) is 38.8. The van der Waals surface area contributed by atoms with Crippen LogP contribution in [0.2, 0.25) is 0 Å². The number of amides is 2. The second-order valence-corrected chi connectivity index (χ2v) is 9.50. The number of fused-ring (bicyclic) bond motifs is 3. The van der Waals surface area contributed by atoms with Gasteiger partial charge in [0.15, 0.2) is 0 Å². The monoisotopic (exact) mass is 464 g/mol. The van der Waals surface area contributed by atoms with Gasteiger partial charge in [-0.05, 0) is 41.0 Å². The standard InChI is InChI=1S/C27H32N2O5/c1-17-8-7-9-18(14-17)29(2)26(32)24(15-25(30)31)28-27(33)34-16-23-21-12-5-3-10-19(21)20-11-4-6-13-22(20)23/h3-6,10-13,17-18,23-24H,7-9,14-16H2,1-2H3,(H,28,33)(H,30,31). The maximum absolute atomic E-state index is 13.1. The van der Waals surface area contributed by atoms with Crippen LogP contribution >= 0.6 is 0 Å². The molecule has 3 unspecified atom stereocenters. The number of carbonyl (C=O) groups excluding carboxylic acids is 2. The fraction of sp³-hybridized carbons (Fsp3) is 0.444. The lowest BCUT2D eigenvalue weighted by molar-refractivity contribution is -0.143. The highest BCUT2D eigenvalue weighted by Crippen LogP contribution is 2.44. The zero-order valence-electron chi connectivity index (χ0n) is 19.7. The third-order valence-electron chi connectivity index (χ3n) is 7.12. The topological polar surface area (TPSA) is 95.9 Å². The second-order valence-electron chi connectivity index (χ2n) is 9.50. The lowest BCUT2D eigenvalue weighted by atomic mass is 9.86. The van der Waals surface area contributed by atoms with Gasteiger partial charge < -0.3 is 20.1 Å². The van der Waals surface area contributed by atoms with Crippen LogP contribution in [0.4, 0.5) is 4.79 Å². The first-order valence-corrected chi connectivity index (χ1v) is 11.9. The molecule has 2 N–H and O–H groups in total. The molecule has 2 aliphatic rings. The van der Waals surface area contributed by atoms with Crippen molar-refractivity contribution in [1.82, 2.24) is 10.2 Å². The van der Waals surface area contributed by atoms with E-state index < -0.39 is 30.4 Å². The van der Waals surface area contributed by atoms with E-state index in [0.717, 1.165) is 47.9 Å². The van der Waals surface area contributed by atoms with Gasteiger partial charge in [-0.2, -0.15) is 0 Å². The van der Waals surface area contributed by atoms with Gasteiger partial charge >= 0.3 is 12.1 Å². The Labute approximate surface area is 200 Å². The third-order valence-corrected chi connectivity index (χ3v) is 7.12. The number of alkyl carbamates (subject to hydrolysis) is 1. The highest BCUT2D eigenvalue weighted by Gasteiger charge is 2.33. The SMILES string of the molecule is CC1CCCC(N(C)C(=O)C(CC(=O)O)NC(=O)OCC2c3ccccc3-c3ccccc32)C1. The molecule has 4 rings (SSSR count). The first-order chi connectivity index (χ1) is 16.3. The lowest BCUT2D eigenvalue weighted by Gasteiger charge is -2.35. The maximum atomic E-state index is 13.1. The zero-order chi connectivity index (χ0) is 24.2. The van der Waals surface area contributed by atoms with Crippen LogP contribution in [0.25, 0.3) is 11.1 Å². The number of aliphatic carboxylic acids is 1. The highest BCUT2D eigenvalue weighted by atomic mass is 16.5. The zero-order valence-corrected chi connectivity index (χ0v) is 19.7. The normalized spacial score (nSPS) is 20.1. The Morgan fingerprint density at radius 3 is 2.26 bits per heavy atom. The van der Waals surface area contributed by atoms with Crippen LogP contribution in [0.15, 0.2) is 48.5 Å². The summed E-state index contributed by atoms with van der Waals surface area (Å²) in [6, 6.07) is 14.9. The van der Waals surface area contributed by atoms with Crippen molar-refractivity contribution in [3.05, 3.63) is 59.7 Å². The molecular formula is C27H32N2O5. The van der Waals surface area contributed by atoms with Crippen LogP contribution in [0.5, 0.6) is 0 Å². The van der Waals surface area contributed by atoms with E-state index in [0.29, 0.717) is 5.92 Å². The van der Waals surface area contributed by atoms with E-state index in [1.807, 2.05) is 36.4 Å². The highest BCUT2D eigenvalue weighted by molar-refractivity contribution is 5.89. The number of likely N-dealkylation sites (N-methyl/N-ethyl adjacent to an activating group) is 1. The van der Waals surface area contributed by atoms with E-state index in [4.69, 9.17) is 4.74 Å². The fourth-order valence-electron chi connectivity index (χ4n) is 5.34. The molecule has 0 radical (unpaired) electrons. The Kier molecular flexibility index (Phi) is 7.20. The summed E-state index contributed by atoms with van der Waals surface area (Å²) in [5, 5.41) is 11.9. The minimum absolute atomic E-state index is 0.0526. The molecule has 34 heavy (non-hydrogen) atoms. The Morgan fingerprint density at radius 1 is 1.06 bits per heavy atom. The molecule has 0 saturated heterocycles. The first kappa shape index (κ1) is 23.8. The van der Waals surface area contributed by atoms with Crippen molar-refractivity contribution in [1.29, 1.82) is 0 Å². The van der Waals surface area contributed by atoms with Crippen molar-refractivity contribution in [3.8, 4) is 11.1 Å². The predicted molar refractivity (Wildman–Crippen MR) is 128 cm³/mol. The van der Waals surface area contributed by atoms with Crippen molar-refractivity contribution in [2.24, 2.45) is 5.92 Å². The van der Waals surface area contributed by atoms with Crippen molar-refractivity contribution < 1.29 is 24.2 Å². The number of hydrogen-bond donors (Lipinski definition) is 2. The number of nitrogens with zero attached hydrogens (tertiary/aromatic N) is 1. The molecule has 180 valence electrons. The molecule has 2 aliphatic carbocycles. The van der Waals surface area contributed by atoms with E-state index >= 15 is 0 Å². The van der Waals surface area contributed by atoms with Crippen LogP contribution in [0.1, 0.15) is 56.1 Å². The number of carboxylic acid groups (broad SMARTS) is 1. The minimum Gasteiger partial charge on any atom is -0.481 e. The van der Waals surface area contributed by atoms with E-state index in [9.17, 15) is 19.5 Å².